The molecule has 0 N–H and O–H groups in total. The number of carbonyl (C=O) groups is 1. The molecule has 4 rings (SSSR count). The molecule has 30 heavy (non-hydrogen) atoms. The van der Waals surface area contributed by atoms with Crippen molar-refractivity contribution in [2.75, 3.05) is 0 Å². The van der Waals surface area contributed by atoms with Gasteiger partial charge in [0.15, 0.2) is 6.10 Å². The van der Waals surface area contributed by atoms with Gasteiger partial charge in [0.25, 0.3) is 0 Å². The number of benzene rings is 3. The number of halogens is 1. The van der Waals surface area contributed by atoms with E-state index in [0.717, 1.165) is 5.56 Å². The van der Waals surface area contributed by atoms with Gasteiger partial charge in [-0.15, -0.1) is 0 Å². The van der Waals surface area contributed by atoms with Crippen molar-refractivity contribution in [2.45, 2.75) is 32.5 Å². The quantitative estimate of drug-likeness (QED) is 0.541. The van der Waals surface area contributed by atoms with Gasteiger partial charge in [-0.25, -0.2) is 9.18 Å². The Morgan fingerprint density at radius 3 is 2.53 bits per heavy atom. The van der Waals surface area contributed by atoms with Gasteiger partial charge in [0, 0.05) is 16.7 Å². The third kappa shape index (κ3) is 4.60. The molecule has 2 atom stereocenters. The fourth-order valence-electron chi connectivity index (χ4n) is 3.18. The van der Waals surface area contributed by atoms with E-state index in [1.807, 2.05) is 48.5 Å². The molecule has 0 fully saturated rings. The third-order valence-electron chi connectivity index (χ3n) is 4.65. The molecule has 3 aromatic rings. The molecular weight excluding hydrogens is 387 g/mol. The summed E-state index contributed by atoms with van der Waals surface area (Å²) in [5.74, 6) is 0.0412. The number of hydrogen-bond acceptors (Lipinski definition) is 5. The number of para-hydroxylation sites is 1. The summed E-state index contributed by atoms with van der Waals surface area (Å²) in [6, 6.07) is 21.1. The van der Waals surface area contributed by atoms with Crippen LogP contribution in [-0.2, 0) is 27.5 Å². The second-order valence-electron chi connectivity index (χ2n) is 6.91. The van der Waals surface area contributed by atoms with Gasteiger partial charge in [-0.2, -0.15) is 0 Å². The Hall–Kier alpha value is -3.38. The number of esters is 1. The van der Waals surface area contributed by atoms with Crippen molar-refractivity contribution in [1.29, 1.82) is 0 Å². The molecule has 0 bridgehead atoms. The monoisotopic (exact) mass is 408 g/mol. The van der Waals surface area contributed by atoms with Crippen molar-refractivity contribution in [3.63, 3.8) is 0 Å². The zero-order valence-corrected chi connectivity index (χ0v) is 16.4. The van der Waals surface area contributed by atoms with E-state index < -0.39 is 24.2 Å². The number of rotatable bonds is 6. The molecule has 5 nitrogen and oxygen atoms in total. The van der Waals surface area contributed by atoms with Gasteiger partial charge in [-0.1, -0.05) is 48.5 Å². The Morgan fingerprint density at radius 1 is 1.10 bits per heavy atom. The third-order valence-corrected chi connectivity index (χ3v) is 4.65. The predicted octanol–water partition coefficient (Wildman–Crippen LogP) is 4.94. The average Bonchev–Trinajstić information content (AvgIpc) is 2.78. The highest BCUT2D eigenvalue weighted by molar-refractivity contribution is 5.74. The Bertz CT molecular complexity index is 1010. The van der Waals surface area contributed by atoms with E-state index in [1.165, 1.54) is 12.1 Å². The van der Waals surface area contributed by atoms with E-state index in [9.17, 15) is 9.18 Å². The van der Waals surface area contributed by atoms with E-state index in [0.29, 0.717) is 22.6 Å². The molecular formula is C24H21FO5. The normalized spacial score (nSPS) is 16.1. The fraction of sp³-hybridized carbons (Fsp3) is 0.208. The summed E-state index contributed by atoms with van der Waals surface area (Å²) in [4.78, 5) is 12.4. The van der Waals surface area contributed by atoms with Crippen molar-refractivity contribution in [1.82, 2.24) is 0 Å². The Labute approximate surface area is 174 Å². The lowest BCUT2D eigenvalue weighted by atomic mass is 10.1. The van der Waals surface area contributed by atoms with E-state index in [1.54, 1.807) is 19.1 Å². The summed E-state index contributed by atoms with van der Waals surface area (Å²) in [6.45, 7) is 1.66. The van der Waals surface area contributed by atoms with Crippen LogP contribution in [0.25, 0.3) is 0 Å². The standard InChI is InChI=1S/C24H21FO5/c1-16(29-21-10-6-3-7-11-21)23(26)27-14-18-12-20(25)13-19-15-28-24(30-22(18)19)17-8-4-2-5-9-17/h2-13,16,24H,14-15H2,1H3/t16-,24+/m1/s1. The van der Waals surface area contributed by atoms with Crippen molar-refractivity contribution in [2.24, 2.45) is 0 Å². The van der Waals surface area contributed by atoms with Crippen LogP contribution in [0.3, 0.4) is 0 Å². The van der Waals surface area contributed by atoms with E-state index in [2.05, 4.69) is 0 Å². The van der Waals surface area contributed by atoms with Crippen LogP contribution in [0.1, 0.15) is 29.9 Å². The summed E-state index contributed by atoms with van der Waals surface area (Å²) < 4.78 is 36.7. The van der Waals surface area contributed by atoms with E-state index in [4.69, 9.17) is 18.9 Å². The molecule has 0 radical (unpaired) electrons. The minimum absolute atomic E-state index is 0.136. The fourth-order valence-corrected chi connectivity index (χ4v) is 3.18. The summed E-state index contributed by atoms with van der Waals surface area (Å²) in [6.07, 6.45) is -1.42. The van der Waals surface area contributed by atoms with Gasteiger partial charge in [0.05, 0.1) is 6.61 Å². The van der Waals surface area contributed by atoms with Gasteiger partial charge in [0.2, 0.25) is 6.29 Å². The van der Waals surface area contributed by atoms with Crippen LogP contribution in [0.15, 0.2) is 72.8 Å². The molecule has 0 amide bonds. The lowest BCUT2D eigenvalue weighted by Gasteiger charge is -2.28. The van der Waals surface area contributed by atoms with Crippen LogP contribution in [-0.4, -0.2) is 12.1 Å². The maximum Gasteiger partial charge on any atom is 0.347 e. The van der Waals surface area contributed by atoms with E-state index >= 15 is 0 Å². The van der Waals surface area contributed by atoms with Gasteiger partial charge >= 0.3 is 5.97 Å². The maximum atomic E-state index is 14.1. The van der Waals surface area contributed by atoms with Crippen LogP contribution in [0.4, 0.5) is 4.39 Å². The second-order valence-corrected chi connectivity index (χ2v) is 6.91. The first-order valence-electron chi connectivity index (χ1n) is 9.63. The lowest BCUT2D eigenvalue weighted by molar-refractivity contribution is -0.152. The van der Waals surface area contributed by atoms with Crippen molar-refractivity contribution >= 4 is 5.97 Å². The SMILES string of the molecule is C[C@@H](Oc1ccccc1)C(=O)OCc1cc(F)cc2c1O[C@@H](c1ccccc1)OC2. The first-order valence-corrected chi connectivity index (χ1v) is 9.63. The van der Waals surface area contributed by atoms with Crippen LogP contribution in [0.2, 0.25) is 0 Å². The Kier molecular flexibility index (Phi) is 5.95. The van der Waals surface area contributed by atoms with Gasteiger partial charge in [-0.3, -0.25) is 0 Å². The molecule has 154 valence electrons. The Balaban J connectivity index is 1.46. The molecule has 6 heteroatoms. The first-order chi connectivity index (χ1) is 14.6. The molecule has 0 aliphatic carbocycles. The number of ether oxygens (including phenoxy) is 4. The number of fused-ring (bicyclic) bond motifs is 1. The summed E-state index contributed by atoms with van der Waals surface area (Å²) in [7, 11) is 0. The van der Waals surface area contributed by atoms with Crippen molar-refractivity contribution in [3.8, 4) is 11.5 Å². The smallest absolute Gasteiger partial charge is 0.347 e. The molecule has 0 spiro atoms. The molecule has 0 unspecified atom stereocenters. The maximum absolute atomic E-state index is 14.1. The molecule has 3 aromatic carbocycles. The Morgan fingerprint density at radius 2 is 1.80 bits per heavy atom. The van der Waals surface area contributed by atoms with Crippen molar-refractivity contribution in [3.05, 3.63) is 95.3 Å². The predicted molar refractivity (Wildman–Crippen MR) is 107 cm³/mol. The van der Waals surface area contributed by atoms with Gasteiger partial charge < -0.3 is 18.9 Å². The lowest BCUT2D eigenvalue weighted by Crippen LogP contribution is -2.26. The van der Waals surface area contributed by atoms with Crippen molar-refractivity contribution < 1.29 is 28.1 Å². The zero-order chi connectivity index (χ0) is 20.9. The second kappa shape index (κ2) is 8.97. The highest BCUT2D eigenvalue weighted by Crippen LogP contribution is 2.36. The largest absolute Gasteiger partial charge is 0.479 e. The minimum Gasteiger partial charge on any atom is -0.479 e. The topological polar surface area (TPSA) is 54.0 Å². The number of carbonyl (C=O) groups excluding carboxylic acids is 1. The molecule has 1 heterocycles. The van der Waals surface area contributed by atoms with Crippen LogP contribution >= 0.6 is 0 Å². The highest BCUT2D eigenvalue weighted by atomic mass is 19.1. The zero-order valence-electron chi connectivity index (χ0n) is 16.4. The summed E-state index contributed by atoms with van der Waals surface area (Å²) in [5, 5.41) is 0. The van der Waals surface area contributed by atoms with E-state index in [-0.39, 0.29) is 13.2 Å². The minimum atomic E-state index is -0.807. The van der Waals surface area contributed by atoms with Gasteiger partial charge in [-0.05, 0) is 31.2 Å². The average molecular weight is 408 g/mol. The van der Waals surface area contributed by atoms with Gasteiger partial charge in [0.1, 0.15) is 23.9 Å². The van der Waals surface area contributed by atoms with Crippen LogP contribution < -0.4 is 9.47 Å². The molecule has 1 aliphatic rings. The summed E-state index contributed by atoms with van der Waals surface area (Å²) >= 11 is 0. The molecule has 0 saturated heterocycles. The molecule has 0 aromatic heterocycles. The van der Waals surface area contributed by atoms with Crippen LogP contribution in [0.5, 0.6) is 11.5 Å². The first kappa shape index (κ1) is 19.9. The van der Waals surface area contributed by atoms with Crippen LogP contribution in [0, 0.1) is 5.82 Å². The summed E-state index contributed by atoms with van der Waals surface area (Å²) in [5.41, 5.74) is 1.86. The number of hydrogen-bond donors (Lipinski definition) is 0. The molecule has 0 saturated carbocycles. The highest BCUT2D eigenvalue weighted by Gasteiger charge is 2.26. The molecule has 1 aliphatic heterocycles.